The molecule has 0 amide bonds. The van der Waals surface area contributed by atoms with Gasteiger partial charge in [0.1, 0.15) is 0 Å². The molecule has 0 spiro atoms. The van der Waals surface area contributed by atoms with E-state index in [4.69, 9.17) is 0 Å². The van der Waals surface area contributed by atoms with Gasteiger partial charge in [-0.25, -0.2) is 13.1 Å². The maximum absolute atomic E-state index is 12.3. The van der Waals surface area contributed by atoms with Gasteiger partial charge in [-0.05, 0) is 55.4 Å². The average Bonchev–Trinajstić information content (AvgIpc) is 2.74. The van der Waals surface area contributed by atoms with Gasteiger partial charge in [0.2, 0.25) is 10.0 Å². The van der Waals surface area contributed by atoms with Gasteiger partial charge < -0.3 is 5.11 Å². The number of rotatable bonds is 4. The zero-order valence-electron chi connectivity index (χ0n) is 11.4. The summed E-state index contributed by atoms with van der Waals surface area (Å²) in [5, 5.41) is 9.21. The van der Waals surface area contributed by atoms with Crippen LogP contribution in [-0.4, -0.2) is 19.6 Å². The van der Waals surface area contributed by atoms with Crippen LogP contribution in [0.5, 0.6) is 0 Å². The molecule has 0 heterocycles. The first kappa shape index (κ1) is 14.5. The minimum atomic E-state index is -3.48. The summed E-state index contributed by atoms with van der Waals surface area (Å²) in [6, 6.07) is 4.92. The fourth-order valence-corrected chi connectivity index (χ4v) is 3.92. The summed E-state index contributed by atoms with van der Waals surface area (Å²) in [7, 11) is -3.48. The smallest absolute Gasteiger partial charge is 0.240 e. The molecule has 106 valence electrons. The predicted molar refractivity (Wildman–Crippen MR) is 74.2 cm³/mol. The molecular weight excluding hydrogens is 262 g/mol. The molecular formula is C14H21NO3S. The molecule has 0 aliphatic heterocycles. The Morgan fingerprint density at radius 3 is 2.68 bits per heavy atom. The fourth-order valence-electron chi connectivity index (χ4n) is 2.59. The summed E-state index contributed by atoms with van der Waals surface area (Å²) in [5.41, 5.74) is 1.55. The van der Waals surface area contributed by atoms with E-state index in [0.717, 1.165) is 24.8 Å². The molecule has 0 bridgehead atoms. The van der Waals surface area contributed by atoms with Crippen LogP contribution in [0.1, 0.15) is 37.3 Å². The third-order valence-electron chi connectivity index (χ3n) is 3.82. The van der Waals surface area contributed by atoms with Crippen LogP contribution < -0.4 is 4.72 Å². The highest BCUT2D eigenvalue weighted by atomic mass is 32.2. The van der Waals surface area contributed by atoms with Crippen molar-refractivity contribution in [3.63, 3.8) is 0 Å². The molecule has 1 aliphatic rings. The number of hydrogen-bond donors (Lipinski definition) is 2. The summed E-state index contributed by atoms with van der Waals surface area (Å²) in [6.07, 6.45) is 2.88. The van der Waals surface area contributed by atoms with E-state index in [-0.39, 0.29) is 17.5 Å². The monoisotopic (exact) mass is 283 g/mol. The van der Waals surface area contributed by atoms with E-state index in [1.54, 1.807) is 18.2 Å². The Morgan fingerprint density at radius 2 is 2.11 bits per heavy atom. The summed E-state index contributed by atoms with van der Waals surface area (Å²) in [5.74, 6) is 0.582. The van der Waals surface area contributed by atoms with E-state index in [1.165, 1.54) is 0 Å². The molecule has 1 aromatic carbocycles. The van der Waals surface area contributed by atoms with Crippen molar-refractivity contribution >= 4 is 10.0 Å². The molecule has 2 unspecified atom stereocenters. The van der Waals surface area contributed by atoms with Crippen molar-refractivity contribution in [3.05, 3.63) is 29.3 Å². The number of hydrogen-bond acceptors (Lipinski definition) is 3. The van der Waals surface area contributed by atoms with Crippen LogP contribution in [0.25, 0.3) is 0 Å². The number of aryl methyl sites for hydroxylation is 1. The van der Waals surface area contributed by atoms with Crippen LogP contribution in [0, 0.1) is 12.8 Å². The van der Waals surface area contributed by atoms with E-state index >= 15 is 0 Å². The molecule has 1 saturated carbocycles. The van der Waals surface area contributed by atoms with Gasteiger partial charge in [-0.15, -0.1) is 0 Å². The van der Waals surface area contributed by atoms with Gasteiger partial charge in [-0.2, -0.15) is 0 Å². The van der Waals surface area contributed by atoms with Crippen molar-refractivity contribution in [2.24, 2.45) is 5.92 Å². The van der Waals surface area contributed by atoms with Crippen molar-refractivity contribution in [2.75, 3.05) is 0 Å². The van der Waals surface area contributed by atoms with Crippen molar-refractivity contribution in [2.45, 2.75) is 50.7 Å². The Labute approximate surface area is 114 Å². The largest absolute Gasteiger partial charge is 0.392 e. The first-order valence-corrected chi connectivity index (χ1v) is 8.13. The molecule has 2 atom stereocenters. The highest BCUT2D eigenvalue weighted by Crippen LogP contribution is 2.26. The van der Waals surface area contributed by atoms with E-state index in [9.17, 15) is 13.5 Å². The van der Waals surface area contributed by atoms with Crippen molar-refractivity contribution in [3.8, 4) is 0 Å². The molecule has 2 rings (SSSR count). The van der Waals surface area contributed by atoms with E-state index in [0.29, 0.717) is 11.5 Å². The first-order chi connectivity index (χ1) is 8.92. The third-order valence-corrected chi connectivity index (χ3v) is 5.34. The lowest BCUT2D eigenvalue weighted by atomic mass is 10.1. The van der Waals surface area contributed by atoms with Crippen LogP contribution in [0.4, 0.5) is 0 Å². The van der Waals surface area contributed by atoms with Crippen LogP contribution in [0.3, 0.4) is 0 Å². The fraction of sp³-hybridized carbons (Fsp3) is 0.571. The molecule has 1 aliphatic carbocycles. The van der Waals surface area contributed by atoms with Crippen molar-refractivity contribution in [1.29, 1.82) is 0 Å². The Kier molecular flexibility index (Phi) is 4.28. The molecule has 0 radical (unpaired) electrons. The minimum Gasteiger partial charge on any atom is -0.392 e. The first-order valence-electron chi connectivity index (χ1n) is 6.65. The summed E-state index contributed by atoms with van der Waals surface area (Å²) in [6.45, 7) is 3.85. The lowest BCUT2D eigenvalue weighted by Crippen LogP contribution is -2.33. The minimum absolute atomic E-state index is 0.0406. The van der Waals surface area contributed by atoms with Crippen LogP contribution >= 0.6 is 0 Å². The molecule has 19 heavy (non-hydrogen) atoms. The quantitative estimate of drug-likeness (QED) is 0.887. The van der Waals surface area contributed by atoms with Gasteiger partial charge in [0.25, 0.3) is 0 Å². The number of aliphatic hydroxyl groups excluding tert-OH is 1. The Balaban J connectivity index is 2.19. The van der Waals surface area contributed by atoms with E-state index in [2.05, 4.69) is 11.6 Å². The third kappa shape index (κ3) is 3.35. The molecule has 2 N–H and O–H groups in total. The lowest BCUT2D eigenvalue weighted by molar-refractivity contribution is 0.280. The second kappa shape index (κ2) is 5.61. The van der Waals surface area contributed by atoms with Crippen LogP contribution in [-0.2, 0) is 16.6 Å². The maximum Gasteiger partial charge on any atom is 0.240 e. The van der Waals surface area contributed by atoms with Crippen LogP contribution in [0.15, 0.2) is 23.1 Å². The van der Waals surface area contributed by atoms with Gasteiger partial charge in [0.05, 0.1) is 11.5 Å². The normalized spacial score (nSPS) is 23.7. The van der Waals surface area contributed by atoms with Gasteiger partial charge in [0, 0.05) is 6.04 Å². The van der Waals surface area contributed by atoms with Gasteiger partial charge in [-0.1, -0.05) is 13.0 Å². The zero-order chi connectivity index (χ0) is 14.0. The number of benzene rings is 1. The molecule has 1 fully saturated rings. The molecule has 0 aromatic heterocycles. The van der Waals surface area contributed by atoms with Crippen molar-refractivity contribution < 1.29 is 13.5 Å². The standard InChI is InChI=1S/C14H21NO3S/c1-10-3-5-13(7-10)15-19(17,18)14-6-4-11(2)12(8-14)9-16/h4,6,8,10,13,15-16H,3,5,7,9H2,1-2H3. The van der Waals surface area contributed by atoms with Gasteiger partial charge in [-0.3, -0.25) is 0 Å². The Hall–Kier alpha value is -0.910. The molecule has 0 saturated heterocycles. The molecule has 5 heteroatoms. The second-order valence-corrected chi connectivity index (χ2v) is 7.20. The number of sulfonamides is 1. The predicted octanol–water partition coefficient (Wildman–Crippen LogP) is 1.95. The zero-order valence-corrected chi connectivity index (χ0v) is 12.2. The SMILES string of the molecule is Cc1ccc(S(=O)(=O)NC2CCC(C)C2)cc1CO. The topological polar surface area (TPSA) is 66.4 Å². The van der Waals surface area contributed by atoms with Gasteiger partial charge in [0.15, 0.2) is 0 Å². The molecule has 1 aromatic rings. The highest BCUT2D eigenvalue weighted by Gasteiger charge is 2.26. The lowest BCUT2D eigenvalue weighted by Gasteiger charge is -2.14. The van der Waals surface area contributed by atoms with Gasteiger partial charge >= 0.3 is 0 Å². The van der Waals surface area contributed by atoms with Crippen LogP contribution in [0.2, 0.25) is 0 Å². The molecule has 4 nitrogen and oxygen atoms in total. The average molecular weight is 283 g/mol. The highest BCUT2D eigenvalue weighted by molar-refractivity contribution is 7.89. The number of nitrogens with one attached hydrogen (secondary N) is 1. The van der Waals surface area contributed by atoms with Crippen molar-refractivity contribution in [1.82, 2.24) is 4.72 Å². The Bertz CT molecular complexity index is 554. The second-order valence-electron chi connectivity index (χ2n) is 5.48. The van der Waals surface area contributed by atoms with E-state index < -0.39 is 10.0 Å². The van der Waals surface area contributed by atoms with E-state index in [1.807, 2.05) is 6.92 Å². The summed E-state index contributed by atoms with van der Waals surface area (Å²) >= 11 is 0. The number of aliphatic hydroxyl groups is 1. The Morgan fingerprint density at radius 1 is 1.37 bits per heavy atom. The summed E-state index contributed by atoms with van der Waals surface area (Å²) < 4.78 is 27.3. The summed E-state index contributed by atoms with van der Waals surface area (Å²) in [4.78, 5) is 0.238. The maximum atomic E-state index is 12.3.